The van der Waals surface area contributed by atoms with Crippen LogP contribution < -0.4 is 15.4 Å². The lowest BCUT2D eigenvalue weighted by molar-refractivity contribution is 0.102. The first kappa shape index (κ1) is 18.2. The highest BCUT2D eigenvalue weighted by Crippen LogP contribution is 2.31. The second kappa shape index (κ2) is 8.26. The lowest BCUT2D eigenvalue weighted by atomic mass is 10.2. The molecule has 2 heterocycles. The van der Waals surface area contributed by atoms with E-state index in [4.69, 9.17) is 9.26 Å². The molecule has 0 aliphatic carbocycles. The minimum absolute atomic E-state index is 0.330. The molecule has 2 N–H and O–H groups in total. The fraction of sp³-hybridized carbons (Fsp3) is 0.0455. The summed E-state index contributed by atoms with van der Waals surface area (Å²) in [6.07, 6.45) is 3.12. The molecule has 144 valence electrons. The largest absolute Gasteiger partial charge is 0.455 e. The number of nitrogens with zero attached hydrogens (tertiary/aromatic N) is 2. The second-order valence-corrected chi connectivity index (χ2v) is 6.28. The number of anilines is 3. The summed E-state index contributed by atoms with van der Waals surface area (Å²) in [6.45, 7) is 1.75. The molecule has 4 rings (SSSR count). The van der Waals surface area contributed by atoms with Gasteiger partial charge in [0.05, 0.1) is 23.1 Å². The van der Waals surface area contributed by atoms with E-state index in [1.54, 1.807) is 25.3 Å². The van der Waals surface area contributed by atoms with Gasteiger partial charge in [0.15, 0.2) is 11.6 Å². The van der Waals surface area contributed by atoms with Gasteiger partial charge in [-0.1, -0.05) is 35.5 Å². The van der Waals surface area contributed by atoms with Crippen molar-refractivity contribution in [2.24, 2.45) is 0 Å². The van der Waals surface area contributed by atoms with Crippen molar-refractivity contribution in [2.75, 3.05) is 10.6 Å². The summed E-state index contributed by atoms with van der Waals surface area (Å²) in [5.74, 6) is 2.03. The fourth-order valence-electron chi connectivity index (χ4n) is 2.68. The molecule has 2 aromatic heterocycles. The number of nitrogens with one attached hydrogen (secondary N) is 2. The highest BCUT2D eigenvalue weighted by atomic mass is 16.5. The molecule has 0 bridgehead atoms. The Bertz CT molecular complexity index is 1130. The molecule has 0 spiro atoms. The van der Waals surface area contributed by atoms with E-state index in [1.807, 2.05) is 54.6 Å². The smallest absolute Gasteiger partial charge is 0.258 e. The van der Waals surface area contributed by atoms with Gasteiger partial charge in [0.25, 0.3) is 5.91 Å². The van der Waals surface area contributed by atoms with Gasteiger partial charge in [-0.2, -0.15) is 0 Å². The Balaban J connectivity index is 1.52. The van der Waals surface area contributed by atoms with Crippen molar-refractivity contribution in [1.29, 1.82) is 0 Å². The Morgan fingerprint density at radius 3 is 2.59 bits per heavy atom. The Morgan fingerprint density at radius 1 is 1.00 bits per heavy atom. The molecule has 4 aromatic rings. The van der Waals surface area contributed by atoms with E-state index >= 15 is 0 Å². The molecule has 7 heteroatoms. The average Bonchev–Trinajstić information content (AvgIpc) is 3.15. The molecule has 0 aliphatic rings. The standard InChI is InChI=1S/C22H18N4O3/c1-15-11-21(26-29-15)25-22(27)16-12-17(14-23-13-16)24-19-9-5-6-10-20(19)28-18-7-3-2-4-8-18/h2-14,24H,1H3,(H,25,26,27). The zero-order chi connectivity index (χ0) is 20.1. The van der Waals surface area contributed by atoms with Gasteiger partial charge in [-0.3, -0.25) is 9.78 Å². The van der Waals surface area contributed by atoms with Gasteiger partial charge in [0, 0.05) is 12.3 Å². The zero-order valence-electron chi connectivity index (χ0n) is 15.6. The number of hydrogen-bond acceptors (Lipinski definition) is 6. The maximum Gasteiger partial charge on any atom is 0.258 e. The first-order chi connectivity index (χ1) is 14.2. The predicted molar refractivity (Wildman–Crippen MR) is 110 cm³/mol. The minimum Gasteiger partial charge on any atom is -0.455 e. The third kappa shape index (κ3) is 4.59. The van der Waals surface area contributed by atoms with Gasteiger partial charge < -0.3 is 19.9 Å². The molecular formula is C22H18N4O3. The maximum atomic E-state index is 12.5. The fourth-order valence-corrected chi connectivity index (χ4v) is 2.68. The van der Waals surface area contributed by atoms with E-state index in [9.17, 15) is 4.79 Å². The third-order valence-corrected chi connectivity index (χ3v) is 4.01. The second-order valence-electron chi connectivity index (χ2n) is 6.28. The quantitative estimate of drug-likeness (QED) is 0.475. The molecule has 1 amide bonds. The number of amides is 1. The summed E-state index contributed by atoms with van der Waals surface area (Å²) in [5, 5.41) is 9.70. The van der Waals surface area contributed by atoms with Crippen LogP contribution in [-0.2, 0) is 0 Å². The molecule has 0 saturated carbocycles. The van der Waals surface area contributed by atoms with E-state index in [2.05, 4.69) is 20.8 Å². The first-order valence-corrected chi connectivity index (χ1v) is 8.96. The van der Waals surface area contributed by atoms with E-state index in [1.165, 1.54) is 6.20 Å². The van der Waals surface area contributed by atoms with Crippen molar-refractivity contribution in [1.82, 2.24) is 10.1 Å². The number of ether oxygens (including phenoxy) is 1. The van der Waals surface area contributed by atoms with Gasteiger partial charge >= 0.3 is 0 Å². The van der Waals surface area contributed by atoms with Crippen molar-refractivity contribution in [3.05, 3.63) is 90.4 Å². The SMILES string of the molecule is Cc1cc(NC(=O)c2cncc(Nc3ccccc3Oc3ccccc3)c2)no1. The van der Waals surface area contributed by atoms with Gasteiger partial charge in [0.1, 0.15) is 11.5 Å². The number of para-hydroxylation sites is 3. The summed E-state index contributed by atoms with van der Waals surface area (Å²) in [6, 6.07) is 20.4. The van der Waals surface area contributed by atoms with E-state index < -0.39 is 0 Å². The number of aromatic nitrogens is 2. The van der Waals surface area contributed by atoms with Crippen molar-refractivity contribution in [2.45, 2.75) is 6.92 Å². The van der Waals surface area contributed by atoms with Crippen LogP contribution in [0.3, 0.4) is 0 Å². The molecular weight excluding hydrogens is 368 g/mol. The highest BCUT2D eigenvalue weighted by Gasteiger charge is 2.11. The van der Waals surface area contributed by atoms with Crippen LogP contribution in [-0.4, -0.2) is 16.0 Å². The van der Waals surface area contributed by atoms with Crippen LogP contribution in [0.2, 0.25) is 0 Å². The number of rotatable bonds is 6. The summed E-state index contributed by atoms with van der Waals surface area (Å²) in [5.41, 5.74) is 1.79. The minimum atomic E-state index is -0.330. The van der Waals surface area contributed by atoms with E-state index in [0.29, 0.717) is 28.6 Å². The molecule has 0 unspecified atom stereocenters. The van der Waals surface area contributed by atoms with Crippen LogP contribution >= 0.6 is 0 Å². The Labute approximate surface area is 167 Å². The lowest BCUT2D eigenvalue weighted by Crippen LogP contribution is -2.12. The highest BCUT2D eigenvalue weighted by molar-refractivity contribution is 6.04. The van der Waals surface area contributed by atoms with Crippen molar-refractivity contribution in [3.63, 3.8) is 0 Å². The topological polar surface area (TPSA) is 89.3 Å². The molecule has 29 heavy (non-hydrogen) atoms. The number of carbonyl (C=O) groups excluding carboxylic acids is 1. The van der Waals surface area contributed by atoms with Crippen LogP contribution in [0.5, 0.6) is 11.5 Å². The Hall–Kier alpha value is -4.13. The lowest BCUT2D eigenvalue weighted by Gasteiger charge is -2.13. The zero-order valence-corrected chi connectivity index (χ0v) is 15.6. The Kier molecular flexibility index (Phi) is 5.20. The number of pyridine rings is 1. The molecule has 2 aromatic carbocycles. The van der Waals surface area contributed by atoms with Crippen molar-refractivity contribution in [3.8, 4) is 11.5 Å². The van der Waals surface area contributed by atoms with E-state index in [-0.39, 0.29) is 5.91 Å². The predicted octanol–water partition coefficient (Wildman–Crippen LogP) is 5.17. The normalized spacial score (nSPS) is 10.4. The van der Waals surface area contributed by atoms with Crippen LogP contribution in [0.15, 0.2) is 83.6 Å². The third-order valence-electron chi connectivity index (χ3n) is 4.01. The average molecular weight is 386 g/mol. The number of carbonyl (C=O) groups is 1. The van der Waals surface area contributed by atoms with Gasteiger partial charge in [-0.25, -0.2) is 0 Å². The summed E-state index contributed by atoms with van der Waals surface area (Å²) in [7, 11) is 0. The number of aryl methyl sites for hydroxylation is 1. The van der Waals surface area contributed by atoms with Gasteiger partial charge in [-0.15, -0.1) is 0 Å². The van der Waals surface area contributed by atoms with Crippen molar-refractivity contribution >= 4 is 23.1 Å². The van der Waals surface area contributed by atoms with Crippen molar-refractivity contribution < 1.29 is 14.1 Å². The summed E-state index contributed by atoms with van der Waals surface area (Å²) in [4.78, 5) is 16.6. The first-order valence-electron chi connectivity index (χ1n) is 8.96. The van der Waals surface area contributed by atoms with E-state index in [0.717, 1.165) is 11.4 Å². The van der Waals surface area contributed by atoms with Gasteiger partial charge in [-0.05, 0) is 37.3 Å². The number of hydrogen-bond donors (Lipinski definition) is 2. The molecule has 0 fully saturated rings. The van der Waals surface area contributed by atoms with Crippen LogP contribution in [0.25, 0.3) is 0 Å². The van der Waals surface area contributed by atoms with Crippen LogP contribution in [0.1, 0.15) is 16.1 Å². The van der Waals surface area contributed by atoms with Gasteiger partial charge in [0.2, 0.25) is 0 Å². The Morgan fingerprint density at radius 2 is 1.79 bits per heavy atom. The van der Waals surface area contributed by atoms with Crippen LogP contribution in [0.4, 0.5) is 17.2 Å². The maximum absolute atomic E-state index is 12.5. The van der Waals surface area contributed by atoms with Crippen LogP contribution in [0, 0.1) is 6.92 Å². The number of benzene rings is 2. The molecule has 0 radical (unpaired) electrons. The molecule has 0 atom stereocenters. The summed E-state index contributed by atoms with van der Waals surface area (Å²) < 4.78 is 10.9. The molecule has 0 saturated heterocycles. The molecule has 0 aliphatic heterocycles. The monoisotopic (exact) mass is 386 g/mol. The molecule has 7 nitrogen and oxygen atoms in total. The summed E-state index contributed by atoms with van der Waals surface area (Å²) >= 11 is 0.